The van der Waals surface area contributed by atoms with E-state index in [9.17, 15) is 5.26 Å². The van der Waals surface area contributed by atoms with Crippen LogP contribution in [-0.2, 0) is 4.74 Å². The number of aromatic nitrogens is 3. The fraction of sp³-hybridized carbons (Fsp3) is 0.556. The van der Waals surface area contributed by atoms with Crippen molar-refractivity contribution < 1.29 is 4.74 Å². The van der Waals surface area contributed by atoms with Gasteiger partial charge >= 0.3 is 0 Å². The van der Waals surface area contributed by atoms with Gasteiger partial charge in [0.15, 0.2) is 5.65 Å². The first-order chi connectivity index (χ1) is 13.2. The Labute approximate surface area is 158 Å². The van der Waals surface area contributed by atoms with Crippen molar-refractivity contribution in [3.63, 3.8) is 0 Å². The maximum atomic E-state index is 9.73. The van der Waals surface area contributed by atoms with Gasteiger partial charge in [0.05, 0.1) is 24.2 Å². The summed E-state index contributed by atoms with van der Waals surface area (Å²) < 4.78 is 5.43. The summed E-state index contributed by atoms with van der Waals surface area (Å²) in [5.74, 6) is 2.16. The predicted octanol–water partition coefficient (Wildman–Crippen LogP) is 0.209. The van der Waals surface area contributed by atoms with Crippen LogP contribution in [0.1, 0.15) is 5.56 Å². The summed E-state index contributed by atoms with van der Waals surface area (Å²) in [7, 11) is 3.85. The molecule has 4 heterocycles. The second kappa shape index (κ2) is 7.50. The molecule has 0 spiro atoms. The highest BCUT2D eigenvalue weighted by molar-refractivity contribution is 5.91. The molecule has 2 aromatic rings. The van der Waals surface area contributed by atoms with Crippen LogP contribution in [-0.4, -0.2) is 81.5 Å². The molecule has 0 aliphatic carbocycles. The summed E-state index contributed by atoms with van der Waals surface area (Å²) in [5.41, 5.74) is 1.18. The molecule has 9 nitrogen and oxygen atoms in total. The Morgan fingerprint density at radius 2 is 1.74 bits per heavy atom. The van der Waals surface area contributed by atoms with E-state index in [2.05, 4.69) is 26.2 Å². The average Bonchev–Trinajstić information content (AvgIpc) is 2.73. The number of nitriles is 1. The number of ether oxygens (including phenoxy) is 1. The van der Waals surface area contributed by atoms with Crippen LogP contribution in [0.25, 0.3) is 11.0 Å². The number of pyridine rings is 1. The van der Waals surface area contributed by atoms with E-state index in [1.165, 1.54) is 0 Å². The van der Waals surface area contributed by atoms with E-state index < -0.39 is 0 Å². The Bertz CT molecular complexity index is 866. The molecule has 2 aliphatic heterocycles. The molecule has 2 saturated heterocycles. The molecule has 0 amide bonds. The lowest BCUT2D eigenvalue weighted by molar-refractivity contribution is 0.122. The zero-order valence-electron chi connectivity index (χ0n) is 15.8. The van der Waals surface area contributed by atoms with Gasteiger partial charge in [-0.3, -0.25) is 0 Å². The third kappa shape index (κ3) is 3.46. The maximum absolute atomic E-state index is 9.73. The van der Waals surface area contributed by atoms with E-state index in [1.807, 2.05) is 25.1 Å². The second-order valence-electron chi connectivity index (χ2n) is 6.92. The lowest BCUT2D eigenvalue weighted by Crippen LogP contribution is -2.44. The highest BCUT2D eigenvalue weighted by atomic mass is 16.5. The topological polar surface area (TPSA) is 93.4 Å². The van der Waals surface area contributed by atoms with Crippen molar-refractivity contribution in [3.8, 4) is 6.07 Å². The van der Waals surface area contributed by atoms with Gasteiger partial charge in [-0.15, -0.1) is 0 Å². The van der Waals surface area contributed by atoms with Crippen LogP contribution in [0.15, 0.2) is 6.07 Å². The van der Waals surface area contributed by atoms with Gasteiger partial charge in [-0.25, -0.2) is 4.98 Å². The highest BCUT2D eigenvalue weighted by Gasteiger charge is 2.22. The third-order valence-electron chi connectivity index (χ3n) is 4.88. The van der Waals surface area contributed by atoms with E-state index in [-0.39, 0.29) is 0 Å². The van der Waals surface area contributed by atoms with Crippen LogP contribution in [0.5, 0.6) is 0 Å². The molecule has 27 heavy (non-hydrogen) atoms. The Morgan fingerprint density at radius 3 is 2.41 bits per heavy atom. The molecule has 0 atom stereocenters. The van der Waals surface area contributed by atoms with Crippen molar-refractivity contribution in [1.82, 2.24) is 20.3 Å². The third-order valence-corrected chi connectivity index (χ3v) is 4.88. The smallest absolute Gasteiger partial charge is 0.228 e. The van der Waals surface area contributed by atoms with Crippen LogP contribution in [0.2, 0.25) is 0 Å². The molecule has 0 bridgehead atoms. The summed E-state index contributed by atoms with van der Waals surface area (Å²) in [4.78, 5) is 20.5. The number of nitrogens with one attached hydrogen (secondary N) is 1. The molecule has 1 N–H and O–H groups in total. The van der Waals surface area contributed by atoms with Gasteiger partial charge in [-0.2, -0.15) is 15.2 Å². The summed E-state index contributed by atoms with van der Waals surface area (Å²) in [6, 6.07) is 4.20. The number of morpholine rings is 1. The number of anilines is 3. The SMILES string of the molecule is CN(C)c1nc(N2CCNCC2)c2cc(C#N)c(N3CCOCC3)nc2n1. The van der Waals surface area contributed by atoms with E-state index in [0.29, 0.717) is 36.2 Å². The van der Waals surface area contributed by atoms with E-state index >= 15 is 0 Å². The molecule has 0 aromatic carbocycles. The monoisotopic (exact) mass is 368 g/mol. The molecule has 142 valence electrons. The fourth-order valence-corrected chi connectivity index (χ4v) is 3.43. The Hall–Kier alpha value is -2.70. The Kier molecular flexibility index (Phi) is 4.92. The Balaban J connectivity index is 1.87. The normalized spacial score (nSPS) is 17.8. The zero-order chi connectivity index (χ0) is 18.8. The van der Waals surface area contributed by atoms with E-state index in [1.54, 1.807) is 0 Å². The summed E-state index contributed by atoms with van der Waals surface area (Å²) in [6.07, 6.45) is 0. The van der Waals surface area contributed by atoms with Gasteiger partial charge in [0.1, 0.15) is 17.7 Å². The van der Waals surface area contributed by atoms with Gasteiger partial charge in [0.25, 0.3) is 0 Å². The fourth-order valence-electron chi connectivity index (χ4n) is 3.43. The number of piperazine rings is 1. The van der Waals surface area contributed by atoms with Crippen molar-refractivity contribution in [2.75, 3.05) is 81.3 Å². The molecular weight excluding hydrogens is 344 g/mol. The lowest BCUT2D eigenvalue weighted by Gasteiger charge is -2.31. The van der Waals surface area contributed by atoms with Gasteiger partial charge in [-0.05, 0) is 6.07 Å². The van der Waals surface area contributed by atoms with Crippen LogP contribution >= 0.6 is 0 Å². The van der Waals surface area contributed by atoms with E-state index in [4.69, 9.17) is 14.7 Å². The minimum Gasteiger partial charge on any atom is -0.378 e. The van der Waals surface area contributed by atoms with Gasteiger partial charge in [-0.1, -0.05) is 0 Å². The molecule has 0 radical (unpaired) electrons. The molecule has 0 saturated carbocycles. The van der Waals surface area contributed by atoms with E-state index in [0.717, 1.165) is 50.5 Å². The lowest BCUT2D eigenvalue weighted by atomic mass is 10.2. The standard InChI is InChI=1S/C18H24N8O/c1-24(2)18-22-15-14(17(23-18)25-5-3-20-4-6-25)11-13(12-19)16(21-15)26-7-9-27-10-8-26/h11,20H,3-10H2,1-2H3. The maximum Gasteiger partial charge on any atom is 0.228 e. The summed E-state index contributed by atoms with van der Waals surface area (Å²) >= 11 is 0. The van der Waals surface area contributed by atoms with Gasteiger partial charge < -0.3 is 24.8 Å². The first-order valence-corrected chi connectivity index (χ1v) is 9.26. The highest BCUT2D eigenvalue weighted by Crippen LogP contribution is 2.30. The molecular formula is C18H24N8O. The minimum atomic E-state index is 0.557. The molecule has 2 aliphatic rings. The largest absolute Gasteiger partial charge is 0.378 e. The average molecular weight is 368 g/mol. The van der Waals surface area contributed by atoms with Crippen molar-refractivity contribution in [2.24, 2.45) is 0 Å². The summed E-state index contributed by atoms with van der Waals surface area (Å²) in [5, 5.41) is 13.9. The molecule has 0 unspecified atom stereocenters. The van der Waals surface area contributed by atoms with Crippen LogP contribution in [0.3, 0.4) is 0 Å². The molecule has 4 rings (SSSR count). The summed E-state index contributed by atoms with van der Waals surface area (Å²) in [6.45, 7) is 6.29. The second-order valence-corrected chi connectivity index (χ2v) is 6.92. The number of nitrogens with zero attached hydrogens (tertiary/aromatic N) is 7. The number of hydrogen-bond acceptors (Lipinski definition) is 9. The van der Waals surface area contributed by atoms with Crippen molar-refractivity contribution >= 4 is 28.6 Å². The van der Waals surface area contributed by atoms with Crippen LogP contribution in [0.4, 0.5) is 17.6 Å². The first kappa shape index (κ1) is 17.7. The van der Waals surface area contributed by atoms with Gasteiger partial charge in [0.2, 0.25) is 5.95 Å². The van der Waals surface area contributed by atoms with Crippen LogP contribution < -0.4 is 20.0 Å². The first-order valence-electron chi connectivity index (χ1n) is 9.26. The number of hydrogen-bond donors (Lipinski definition) is 1. The molecule has 9 heteroatoms. The van der Waals surface area contributed by atoms with Crippen molar-refractivity contribution in [3.05, 3.63) is 11.6 Å². The molecule has 2 aromatic heterocycles. The zero-order valence-corrected chi connectivity index (χ0v) is 15.8. The van der Waals surface area contributed by atoms with Gasteiger partial charge in [0, 0.05) is 53.4 Å². The minimum absolute atomic E-state index is 0.557. The molecule has 2 fully saturated rings. The van der Waals surface area contributed by atoms with Crippen molar-refractivity contribution in [1.29, 1.82) is 5.26 Å². The Morgan fingerprint density at radius 1 is 1.04 bits per heavy atom. The quantitative estimate of drug-likeness (QED) is 0.816. The van der Waals surface area contributed by atoms with Crippen LogP contribution in [0, 0.1) is 11.3 Å². The van der Waals surface area contributed by atoms with Crippen molar-refractivity contribution in [2.45, 2.75) is 0 Å². The number of rotatable bonds is 3. The predicted molar refractivity (Wildman–Crippen MR) is 104 cm³/mol. The number of fused-ring (bicyclic) bond motifs is 1.